The van der Waals surface area contributed by atoms with Crippen LogP contribution in [-0.2, 0) is 9.59 Å². The number of para-hydroxylation sites is 1. The van der Waals surface area contributed by atoms with Gasteiger partial charge in [-0.3, -0.25) is 14.4 Å². The van der Waals surface area contributed by atoms with Gasteiger partial charge in [0.2, 0.25) is 5.91 Å². The topological polar surface area (TPSA) is 87.3 Å². The van der Waals surface area contributed by atoms with Gasteiger partial charge in [0, 0.05) is 16.1 Å². The summed E-state index contributed by atoms with van der Waals surface area (Å²) in [6.07, 6.45) is 1.64. The van der Waals surface area contributed by atoms with Gasteiger partial charge in [0.1, 0.15) is 5.70 Å². The molecule has 5 aromatic rings. The molecule has 0 radical (unpaired) electrons. The molecule has 0 heterocycles. The fraction of sp³-hybridized carbons (Fsp3) is 0.0541. The van der Waals surface area contributed by atoms with E-state index in [2.05, 4.69) is 16.0 Å². The van der Waals surface area contributed by atoms with E-state index in [9.17, 15) is 14.4 Å². The van der Waals surface area contributed by atoms with Crippen LogP contribution in [0.15, 0.2) is 144 Å². The van der Waals surface area contributed by atoms with Crippen molar-refractivity contribution in [1.29, 1.82) is 0 Å². The van der Waals surface area contributed by atoms with Gasteiger partial charge in [-0.2, -0.15) is 0 Å². The van der Waals surface area contributed by atoms with Gasteiger partial charge in [0.05, 0.1) is 16.0 Å². The molecule has 0 bridgehead atoms. The standard InChI is InChI=1S/C37H30ClN3O3S/c1-25(35(42)40-33-18-9-8-17-32(33)38)45-31-16-10-15-30(24-31)39-37(44)34(41-36(43)29-13-6-3-7-14-29)23-26-19-21-28(22-20-26)27-11-4-2-5-12-27/h2-25H,1H3,(H,39,44)(H,40,42)(H,41,43)/b34-23+. The maximum atomic E-state index is 13.6. The maximum Gasteiger partial charge on any atom is 0.272 e. The van der Waals surface area contributed by atoms with E-state index in [0.717, 1.165) is 21.6 Å². The SMILES string of the molecule is CC(Sc1cccc(NC(=O)/C(=C\c2ccc(-c3ccccc3)cc2)NC(=O)c2ccccc2)c1)C(=O)Nc1ccccc1Cl. The first kappa shape index (κ1) is 31.3. The Balaban J connectivity index is 1.32. The lowest BCUT2D eigenvalue weighted by Crippen LogP contribution is -2.30. The molecule has 0 fully saturated rings. The van der Waals surface area contributed by atoms with E-state index in [1.54, 1.807) is 79.7 Å². The summed E-state index contributed by atoms with van der Waals surface area (Å²) in [5, 5.41) is 8.55. The van der Waals surface area contributed by atoms with Crippen LogP contribution < -0.4 is 16.0 Å². The first-order valence-electron chi connectivity index (χ1n) is 14.2. The van der Waals surface area contributed by atoms with Crippen molar-refractivity contribution in [2.45, 2.75) is 17.1 Å². The molecule has 0 aliphatic heterocycles. The Hall–Kier alpha value is -5.11. The third kappa shape index (κ3) is 8.72. The second-order valence-corrected chi connectivity index (χ2v) is 11.9. The molecule has 0 saturated carbocycles. The highest BCUT2D eigenvalue weighted by atomic mass is 35.5. The Morgan fingerprint density at radius 2 is 1.36 bits per heavy atom. The van der Waals surface area contributed by atoms with Gasteiger partial charge < -0.3 is 16.0 Å². The van der Waals surface area contributed by atoms with Crippen LogP contribution >= 0.6 is 23.4 Å². The van der Waals surface area contributed by atoms with Crippen LogP contribution in [0.1, 0.15) is 22.8 Å². The minimum absolute atomic E-state index is 0.0851. The van der Waals surface area contributed by atoms with Crippen LogP contribution in [0.25, 0.3) is 17.2 Å². The molecule has 0 aliphatic rings. The summed E-state index contributed by atoms with van der Waals surface area (Å²) in [5.41, 5.74) is 4.44. The molecule has 5 rings (SSSR count). The Labute approximate surface area is 271 Å². The number of nitrogens with one attached hydrogen (secondary N) is 3. The highest BCUT2D eigenvalue weighted by Crippen LogP contribution is 2.28. The number of hydrogen-bond acceptors (Lipinski definition) is 4. The highest BCUT2D eigenvalue weighted by Gasteiger charge is 2.18. The average Bonchev–Trinajstić information content (AvgIpc) is 3.06. The number of rotatable bonds is 10. The number of benzene rings is 5. The fourth-order valence-electron chi connectivity index (χ4n) is 4.41. The summed E-state index contributed by atoms with van der Waals surface area (Å²) in [6.45, 7) is 1.80. The molecule has 0 spiro atoms. The number of carbonyl (C=O) groups is 3. The molecule has 5 aromatic carbocycles. The molecule has 0 aliphatic carbocycles. The van der Waals surface area contributed by atoms with Crippen molar-refractivity contribution in [3.05, 3.63) is 155 Å². The van der Waals surface area contributed by atoms with E-state index in [4.69, 9.17) is 11.6 Å². The van der Waals surface area contributed by atoms with Gasteiger partial charge in [0.25, 0.3) is 11.8 Å². The van der Waals surface area contributed by atoms with Crippen LogP contribution in [0.5, 0.6) is 0 Å². The van der Waals surface area contributed by atoms with Gasteiger partial charge in [-0.15, -0.1) is 11.8 Å². The van der Waals surface area contributed by atoms with Gasteiger partial charge in [0.15, 0.2) is 0 Å². The number of carbonyl (C=O) groups excluding carboxylic acids is 3. The smallest absolute Gasteiger partial charge is 0.272 e. The molecule has 0 saturated heterocycles. The molecular formula is C37H30ClN3O3S. The minimum atomic E-state index is -0.488. The Morgan fingerprint density at radius 3 is 2.07 bits per heavy atom. The summed E-state index contributed by atoms with van der Waals surface area (Å²) in [7, 11) is 0. The Kier molecular flexibility index (Phi) is 10.5. The zero-order valence-electron chi connectivity index (χ0n) is 24.4. The van der Waals surface area contributed by atoms with Gasteiger partial charge >= 0.3 is 0 Å². The number of amides is 3. The van der Waals surface area contributed by atoms with Crippen LogP contribution in [0, 0.1) is 0 Å². The van der Waals surface area contributed by atoms with Crippen molar-refractivity contribution in [2.75, 3.05) is 10.6 Å². The Bertz CT molecular complexity index is 1830. The molecule has 0 aromatic heterocycles. The summed E-state index contributed by atoms with van der Waals surface area (Å²) in [6, 6.07) is 40.7. The van der Waals surface area contributed by atoms with Crippen LogP contribution in [0.2, 0.25) is 5.02 Å². The molecule has 1 unspecified atom stereocenters. The summed E-state index contributed by atoms with van der Waals surface area (Å²) >= 11 is 7.53. The van der Waals surface area contributed by atoms with Gasteiger partial charge in [-0.25, -0.2) is 0 Å². The van der Waals surface area contributed by atoms with E-state index in [1.165, 1.54) is 11.8 Å². The molecule has 8 heteroatoms. The average molecular weight is 632 g/mol. The second kappa shape index (κ2) is 15.1. The highest BCUT2D eigenvalue weighted by molar-refractivity contribution is 8.00. The summed E-state index contributed by atoms with van der Waals surface area (Å²) in [4.78, 5) is 40.2. The summed E-state index contributed by atoms with van der Waals surface area (Å²) < 4.78 is 0. The van der Waals surface area contributed by atoms with Crippen LogP contribution in [0.3, 0.4) is 0 Å². The number of thioether (sulfide) groups is 1. The molecule has 3 amide bonds. The molecule has 3 N–H and O–H groups in total. The normalized spacial score (nSPS) is 11.7. The maximum absolute atomic E-state index is 13.6. The molecular weight excluding hydrogens is 602 g/mol. The predicted octanol–water partition coefficient (Wildman–Crippen LogP) is 8.54. The minimum Gasteiger partial charge on any atom is -0.324 e. The zero-order valence-corrected chi connectivity index (χ0v) is 25.9. The van der Waals surface area contributed by atoms with Crippen molar-refractivity contribution in [3.63, 3.8) is 0 Å². The first-order chi connectivity index (χ1) is 21.9. The van der Waals surface area contributed by atoms with Crippen LogP contribution in [0.4, 0.5) is 11.4 Å². The number of anilines is 2. The number of halogens is 1. The van der Waals surface area contributed by atoms with Crippen molar-refractivity contribution in [3.8, 4) is 11.1 Å². The molecule has 224 valence electrons. The third-order valence-corrected chi connectivity index (χ3v) is 8.19. The summed E-state index contributed by atoms with van der Waals surface area (Å²) in [5.74, 6) is -1.09. The van der Waals surface area contributed by atoms with E-state index in [-0.39, 0.29) is 11.6 Å². The molecule has 1 atom stereocenters. The quantitative estimate of drug-likeness (QED) is 0.106. The van der Waals surface area contributed by atoms with E-state index in [1.807, 2.05) is 66.7 Å². The predicted molar refractivity (Wildman–Crippen MR) is 184 cm³/mol. The second-order valence-electron chi connectivity index (χ2n) is 10.1. The number of hydrogen-bond donors (Lipinski definition) is 3. The van der Waals surface area contributed by atoms with Gasteiger partial charge in [-0.1, -0.05) is 103 Å². The van der Waals surface area contributed by atoms with E-state index >= 15 is 0 Å². The van der Waals surface area contributed by atoms with Gasteiger partial charge in [-0.05, 0) is 72.2 Å². The van der Waals surface area contributed by atoms with Crippen molar-refractivity contribution in [1.82, 2.24) is 5.32 Å². The van der Waals surface area contributed by atoms with Crippen molar-refractivity contribution < 1.29 is 14.4 Å². The van der Waals surface area contributed by atoms with Crippen LogP contribution in [-0.4, -0.2) is 23.0 Å². The van der Waals surface area contributed by atoms with Crippen molar-refractivity contribution >= 4 is 58.5 Å². The largest absolute Gasteiger partial charge is 0.324 e. The fourth-order valence-corrected chi connectivity index (χ4v) is 5.52. The lowest BCUT2D eigenvalue weighted by atomic mass is 10.0. The molecule has 6 nitrogen and oxygen atoms in total. The lowest BCUT2D eigenvalue weighted by molar-refractivity contribution is -0.115. The van der Waals surface area contributed by atoms with Crippen molar-refractivity contribution in [2.24, 2.45) is 0 Å². The Morgan fingerprint density at radius 1 is 0.711 bits per heavy atom. The monoisotopic (exact) mass is 631 g/mol. The molecule has 45 heavy (non-hydrogen) atoms. The third-order valence-electron chi connectivity index (χ3n) is 6.76. The lowest BCUT2D eigenvalue weighted by Gasteiger charge is -2.14. The van der Waals surface area contributed by atoms with E-state index < -0.39 is 17.1 Å². The first-order valence-corrected chi connectivity index (χ1v) is 15.5. The van der Waals surface area contributed by atoms with E-state index in [0.29, 0.717) is 22.0 Å². The zero-order chi connectivity index (χ0) is 31.6.